The molecule has 0 aromatic carbocycles. The van der Waals surface area contributed by atoms with E-state index in [0.717, 1.165) is 0 Å². The largest absolute Gasteiger partial charge is 0.251 e. The molecule has 0 aliphatic heterocycles. The molecule has 0 fully saturated rings. The molecule has 14 heavy (non-hydrogen) atoms. The van der Waals surface area contributed by atoms with Gasteiger partial charge in [-0.1, -0.05) is 11.6 Å². The summed E-state index contributed by atoms with van der Waals surface area (Å²) in [6, 6.07) is 1.45. The molecule has 1 rings (SSSR count). The first kappa shape index (κ1) is 11.5. The van der Waals surface area contributed by atoms with Crippen molar-refractivity contribution in [1.82, 2.24) is 9.97 Å². The molecule has 0 spiro atoms. The van der Waals surface area contributed by atoms with Crippen LogP contribution in [-0.4, -0.2) is 30.0 Å². The van der Waals surface area contributed by atoms with Gasteiger partial charge in [-0.3, -0.25) is 4.72 Å². The van der Waals surface area contributed by atoms with Crippen LogP contribution in [0.3, 0.4) is 0 Å². The van der Waals surface area contributed by atoms with Gasteiger partial charge < -0.3 is 0 Å². The van der Waals surface area contributed by atoms with E-state index < -0.39 is 10.0 Å². The zero-order valence-electron chi connectivity index (χ0n) is 6.94. The fourth-order valence-corrected chi connectivity index (χ4v) is 2.11. The van der Waals surface area contributed by atoms with Gasteiger partial charge in [-0.15, -0.1) is 11.6 Å². The molecule has 5 nitrogen and oxygen atoms in total. The summed E-state index contributed by atoms with van der Waals surface area (Å²) in [4.78, 5) is 7.34. The van der Waals surface area contributed by atoms with Gasteiger partial charge in [-0.2, -0.15) is 0 Å². The van der Waals surface area contributed by atoms with Gasteiger partial charge in [0.2, 0.25) is 16.0 Å². The first-order valence-electron chi connectivity index (χ1n) is 3.58. The third-order valence-corrected chi connectivity index (χ3v) is 3.07. The van der Waals surface area contributed by atoms with Crippen LogP contribution in [0.4, 0.5) is 5.95 Å². The highest BCUT2D eigenvalue weighted by molar-refractivity contribution is 7.92. The van der Waals surface area contributed by atoms with Crippen molar-refractivity contribution in [2.45, 2.75) is 0 Å². The molecule has 8 heteroatoms. The number of rotatable bonds is 4. The van der Waals surface area contributed by atoms with Crippen LogP contribution in [0.5, 0.6) is 0 Å². The zero-order chi connectivity index (χ0) is 10.6. The fraction of sp³-hybridized carbons (Fsp3) is 0.333. The highest BCUT2D eigenvalue weighted by Gasteiger charge is 2.10. The van der Waals surface area contributed by atoms with Gasteiger partial charge in [0.15, 0.2) is 0 Å². The Balaban J connectivity index is 2.79. The molecule has 0 saturated carbocycles. The highest BCUT2D eigenvalue weighted by Crippen LogP contribution is 2.07. The van der Waals surface area contributed by atoms with Gasteiger partial charge in [0.1, 0.15) is 5.15 Å². The molecule has 0 bridgehead atoms. The van der Waals surface area contributed by atoms with Crippen LogP contribution < -0.4 is 4.72 Å². The van der Waals surface area contributed by atoms with E-state index in [0.29, 0.717) is 0 Å². The van der Waals surface area contributed by atoms with Crippen LogP contribution in [0.1, 0.15) is 0 Å². The Morgan fingerprint density at radius 2 is 2.21 bits per heavy atom. The Labute approximate surface area is 91.5 Å². The van der Waals surface area contributed by atoms with E-state index in [4.69, 9.17) is 23.2 Å². The molecule has 0 atom stereocenters. The van der Waals surface area contributed by atoms with E-state index >= 15 is 0 Å². The smallest absolute Gasteiger partial charge is 0.237 e. The van der Waals surface area contributed by atoms with E-state index in [1.807, 2.05) is 0 Å². The molecular weight excluding hydrogens is 249 g/mol. The number of sulfonamides is 1. The molecule has 0 aliphatic carbocycles. The van der Waals surface area contributed by atoms with E-state index in [1.54, 1.807) is 0 Å². The second-order valence-electron chi connectivity index (χ2n) is 2.31. The summed E-state index contributed by atoms with van der Waals surface area (Å²) in [6.07, 6.45) is 1.36. The lowest BCUT2D eigenvalue weighted by molar-refractivity contribution is 0.602. The van der Waals surface area contributed by atoms with Crippen LogP contribution in [0.25, 0.3) is 0 Å². The van der Waals surface area contributed by atoms with Crippen molar-refractivity contribution in [3.05, 3.63) is 17.4 Å². The third kappa shape index (κ3) is 3.65. The molecule has 0 aliphatic rings. The first-order valence-corrected chi connectivity index (χ1v) is 6.15. The number of anilines is 1. The monoisotopic (exact) mass is 255 g/mol. The maximum atomic E-state index is 11.2. The molecule has 1 N–H and O–H groups in total. The van der Waals surface area contributed by atoms with Crippen molar-refractivity contribution in [1.29, 1.82) is 0 Å². The molecule has 78 valence electrons. The van der Waals surface area contributed by atoms with Gasteiger partial charge >= 0.3 is 0 Å². The minimum atomic E-state index is -3.47. The summed E-state index contributed by atoms with van der Waals surface area (Å²) >= 11 is 10.8. The minimum Gasteiger partial charge on any atom is -0.251 e. The molecule has 1 aromatic rings. The summed E-state index contributed by atoms with van der Waals surface area (Å²) in [7, 11) is -3.47. The Bertz CT molecular complexity index is 409. The molecule has 1 aromatic heterocycles. The summed E-state index contributed by atoms with van der Waals surface area (Å²) < 4.78 is 24.5. The molecule has 0 amide bonds. The van der Waals surface area contributed by atoms with Gasteiger partial charge in [-0.05, 0) is 6.07 Å². The van der Waals surface area contributed by atoms with Crippen LogP contribution >= 0.6 is 23.2 Å². The zero-order valence-corrected chi connectivity index (χ0v) is 9.27. The molecule has 0 saturated heterocycles. The van der Waals surface area contributed by atoms with Gasteiger partial charge in [0, 0.05) is 12.1 Å². The normalized spacial score (nSPS) is 11.3. The van der Waals surface area contributed by atoms with E-state index in [9.17, 15) is 8.42 Å². The van der Waals surface area contributed by atoms with E-state index in [2.05, 4.69) is 14.7 Å². The Morgan fingerprint density at radius 3 is 2.79 bits per heavy atom. The number of nitrogens with zero attached hydrogens (tertiary/aromatic N) is 2. The average molecular weight is 256 g/mol. The third-order valence-electron chi connectivity index (χ3n) is 1.21. The number of halogens is 2. The molecular formula is C6H7Cl2N3O2S. The predicted octanol–water partition coefficient (Wildman–Crippen LogP) is 1.11. The maximum absolute atomic E-state index is 11.2. The fourth-order valence-electron chi connectivity index (χ4n) is 0.678. The van der Waals surface area contributed by atoms with E-state index in [1.165, 1.54) is 12.3 Å². The molecule has 0 radical (unpaired) electrons. The van der Waals surface area contributed by atoms with Crippen molar-refractivity contribution in [3.8, 4) is 0 Å². The van der Waals surface area contributed by atoms with Crippen molar-refractivity contribution in [3.63, 3.8) is 0 Å². The Kier molecular flexibility index (Phi) is 3.91. The summed E-state index contributed by atoms with van der Waals surface area (Å²) in [5.41, 5.74) is 0. The van der Waals surface area contributed by atoms with E-state index in [-0.39, 0.29) is 22.7 Å². The van der Waals surface area contributed by atoms with Gasteiger partial charge in [-0.25, -0.2) is 18.4 Å². The molecule has 1 heterocycles. The number of alkyl halides is 1. The lowest BCUT2D eigenvalue weighted by Crippen LogP contribution is -2.19. The SMILES string of the molecule is O=S(=O)(CCCl)Nc1nccc(Cl)n1. The topological polar surface area (TPSA) is 72.0 Å². The van der Waals surface area contributed by atoms with Crippen LogP contribution in [-0.2, 0) is 10.0 Å². The first-order chi connectivity index (χ1) is 6.53. The van der Waals surface area contributed by atoms with Crippen LogP contribution in [0, 0.1) is 0 Å². The number of hydrogen-bond acceptors (Lipinski definition) is 4. The predicted molar refractivity (Wildman–Crippen MR) is 55.2 cm³/mol. The lowest BCUT2D eigenvalue weighted by Gasteiger charge is -2.03. The van der Waals surface area contributed by atoms with Crippen molar-refractivity contribution >= 4 is 39.2 Å². The Hall–Kier alpha value is -0.590. The average Bonchev–Trinajstić information content (AvgIpc) is 2.02. The van der Waals surface area contributed by atoms with Crippen molar-refractivity contribution < 1.29 is 8.42 Å². The molecule has 0 unspecified atom stereocenters. The summed E-state index contributed by atoms with van der Waals surface area (Å²) in [5.74, 6) is -0.233. The number of aromatic nitrogens is 2. The standard InChI is InChI=1S/C6H7Cl2N3O2S/c7-2-4-14(12,13)11-6-9-3-1-5(8)10-6/h1,3H,2,4H2,(H,9,10,11). The Morgan fingerprint density at radius 1 is 1.50 bits per heavy atom. The van der Waals surface area contributed by atoms with Crippen LogP contribution in [0.15, 0.2) is 12.3 Å². The number of nitrogens with one attached hydrogen (secondary N) is 1. The second kappa shape index (κ2) is 4.77. The van der Waals surface area contributed by atoms with Gasteiger partial charge in [0.25, 0.3) is 0 Å². The van der Waals surface area contributed by atoms with Crippen LogP contribution in [0.2, 0.25) is 5.15 Å². The van der Waals surface area contributed by atoms with Crippen molar-refractivity contribution in [2.24, 2.45) is 0 Å². The number of hydrogen-bond donors (Lipinski definition) is 1. The summed E-state index contributed by atoms with van der Waals surface area (Å²) in [5, 5.41) is 0.170. The van der Waals surface area contributed by atoms with Crippen molar-refractivity contribution in [2.75, 3.05) is 16.4 Å². The quantitative estimate of drug-likeness (QED) is 0.647. The van der Waals surface area contributed by atoms with Gasteiger partial charge in [0.05, 0.1) is 5.75 Å². The summed E-state index contributed by atoms with van der Waals surface area (Å²) in [6.45, 7) is 0. The lowest BCUT2D eigenvalue weighted by atomic mass is 10.7. The maximum Gasteiger partial charge on any atom is 0.237 e. The highest BCUT2D eigenvalue weighted by atomic mass is 35.5. The second-order valence-corrected chi connectivity index (χ2v) is 4.92. The minimum absolute atomic E-state index is 0.00982.